The first kappa shape index (κ1) is 17.0. The van der Waals surface area contributed by atoms with Crippen LogP contribution in [0.4, 0.5) is 0 Å². The Hall–Kier alpha value is -1.42. The molecule has 6 atom stereocenters. The van der Waals surface area contributed by atoms with Gasteiger partial charge in [-0.05, 0) is 68.1 Å². The largest absolute Gasteiger partial charge is 0.478 e. The molecule has 4 aliphatic carbocycles. The van der Waals surface area contributed by atoms with E-state index in [1.807, 2.05) is 0 Å². The summed E-state index contributed by atoms with van der Waals surface area (Å²) in [4.78, 5) is 24.0. The van der Waals surface area contributed by atoms with Crippen molar-refractivity contribution in [3.63, 3.8) is 0 Å². The normalized spacial score (nSPS) is 47.7. The molecule has 0 amide bonds. The van der Waals surface area contributed by atoms with Crippen LogP contribution >= 0.6 is 0 Å². The highest BCUT2D eigenvalue weighted by Crippen LogP contribution is 2.64. The molecule has 4 rings (SSSR count). The lowest BCUT2D eigenvalue weighted by molar-refractivity contribution is -0.133. The quantitative estimate of drug-likeness (QED) is 0.564. The number of carboxylic acid groups (broad SMARTS) is 1. The number of aliphatic carboxylic acids is 1. The van der Waals surface area contributed by atoms with Gasteiger partial charge in [-0.15, -0.1) is 0 Å². The van der Waals surface area contributed by atoms with Gasteiger partial charge in [0, 0.05) is 17.1 Å². The highest BCUT2D eigenvalue weighted by Gasteiger charge is 2.59. The van der Waals surface area contributed by atoms with E-state index in [1.165, 1.54) is 5.57 Å². The zero-order valence-corrected chi connectivity index (χ0v) is 15.1. The summed E-state index contributed by atoms with van der Waals surface area (Å²) in [5.74, 6) is 0.311. The highest BCUT2D eigenvalue weighted by molar-refractivity contribution is 6.06. The van der Waals surface area contributed by atoms with E-state index in [0.717, 1.165) is 44.6 Å². The van der Waals surface area contributed by atoms with Crippen molar-refractivity contribution >= 4 is 11.8 Å². The number of carboxylic acids is 1. The third-order valence-electron chi connectivity index (χ3n) is 8.02. The summed E-state index contributed by atoms with van der Waals surface area (Å²) in [5.41, 5.74) is 1.69. The third-order valence-corrected chi connectivity index (χ3v) is 8.02. The lowest BCUT2D eigenvalue weighted by Crippen LogP contribution is -2.50. The number of allylic oxidation sites excluding steroid dienone is 2. The molecule has 0 aliphatic heterocycles. The number of aliphatic hydroxyl groups excluding tert-OH is 1. The molecule has 0 radical (unpaired) electrons. The average Bonchev–Trinajstić information content (AvgIpc) is 2.79. The zero-order chi connectivity index (χ0) is 18.0. The van der Waals surface area contributed by atoms with E-state index in [9.17, 15) is 14.7 Å². The first-order valence-electron chi connectivity index (χ1n) is 9.61. The van der Waals surface area contributed by atoms with Gasteiger partial charge < -0.3 is 10.2 Å². The molecule has 0 aromatic carbocycles. The van der Waals surface area contributed by atoms with Gasteiger partial charge >= 0.3 is 5.97 Å². The first-order valence-corrected chi connectivity index (χ1v) is 9.61. The number of carbonyl (C=O) groups is 2. The molecule has 6 unspecified atom stereocenters. The summed E-state index contributed by atoms with van der Waals surface area (Å²) in [5, 5.41) is 19.2. The molecule has 2 N–H and O–H groups in total. The van der Waals surface area contributed by atoms with Gasteiger partial charge in [0.15, 0.2) is 5.78 Å². The zero-order valence-electron chi connectivity index (χ0n) is 15.1. The standard InChI is InChI=1S/C21H28O4/c1-20-7-5-14(22)11-13(20)3-4-15-16(20)6-8-21(2)17(15)9-12(19(21)25)10-18(23)24/h3,10,14-17,22H,4-9,11H2,1-2H3,(H,23,24)/b12-10-. The van der Waals surface area contributed by atoms with Crippen LogP contribution in [0, 0.1) is 28.6 Å². The van der Waals surface area contributed by atoms with Crippen molar-refractivity contribution in [1.29, 1.82) is 0 Å². The molecule has 4 aliphatic rings. The Morgan fingerprint density at radius 3 is 2.60 bits per heavy atom. The van der Waals surface area contributed by atoms with Crippen LogP contribution < -0.4 is 0 Å². The number of aliphatic hydroxyl groups is 1. The summed E-state index contributed by atoms with van der Waals surface area (Å²) >= 11 is 0. The van der Waals surface area contributed by atoms with Crippen LogP contribution in [0.1, 0.15) is 58.8 Å². The smallest absolute Gasteiger partial charge is 0.328 e. The fourth-order valence-electron chi connectivity index (χ4n) is 6.59. The SMILES string of the molecule is CC12CCC3C(CC=C4CC(O)CCC43C)C1C/C(=C/C(=O)O)C2=O. The van der Waals surface area contributed by atoms with Crippen LogP contribution in [0.15, 0.2) is 23.3 Å². The molecule has 0 aromatic rings. The minimum atomic E-state index is -1.01. The molecule has 136 valence electrons. The molecule has 0 heterocycles. The average molecular weight is 344 g/mol. The van der Waals surface area contributed by atoms with Crippen LogP contribution in [0.2, 0.25) is 0 Å². The molecule has 3 fully saturated rings. The molecule has 0 bridgehead atoms. The van der Waals surface area contributed by atoms with Crippen molar-refractivity contribution in [3.8, 4) is 0 Å². The summed E-state index contributed by atoms with van der Waals surface area (Å²) in [7, 11) is 0. The Bertz CT molecular complexity index is 690. The van der Waals surface area contributed by atoms with Crippen molar-refractivity contribution in [1.82, 2.24) is 0 Å². The monoisotopic (exact) mass is 344 g/mol. The number of carbonyl (C=O) groups excluding carboxylic acids is 1. The minimum absolute atomic E-state index is 0.0670. The van der Waals surface area contributed by atoms with Crippen LogP contribution in [-0.4, -0.2) is 28.1 Å². The predicted molar refractivity (Wildman–Crippen MR) is 93.8 cm³/mol. The Morgan fingerprint density at radius 2 is 1.88 bits per heavy atom. The van der Waals surface area contributed by atoms with E-state index in [0.29, 0.717) is 23.8 Å². The maximum Gasteiger partial charge on any atom is 0.328 e. The van der Waals surface area contributed by atoms with Crippen LogP contribution in [0.25, 0.3) is 0 Å². The second kappa shape index (κ2) is 5.54. The molecule has 25 heavy (non-hydrogen) atoms. The van der Waals surface area contributed by atoms with Gasteiger partial charge in [-0.1, -0.05) is 25.5 Å². The Balaban J connectivity index is 1.69. The molecule has 3 saturated carbocycles. The van der Waals surface area contributed by atoms with Crippen LogP contribution in [-0.2, 0) is 9.59 Å². The van der Waals surface area contributed by atoms with Gasteiger partial charge in [-0.3, -0.25) is 4.79 Å². The number of ketones is 1. The van der Waals surface area contributed by atoms with Gasteiger partial charge in [0.1, 0.15) is 0 Å². The Labute approximate surface area is 149 Å². The molecular weight excluding hydrogens is 316 g/mol. The number of fused-ring (bicyclic) bond motifs is 5. The van der Waals surface area contributed by atoms with Gasteiger partial charge in [0.2, 0.25) is 0 Å². The summed E-state index contributed by atoms with van der Waals surface area (Å²) in [6.07, 6.45) is 9.43. The summed E-state index contributed by atoms with van der Waals surface area (Å²) < 4.78 is 0. The Kier molecular flexibility index (Phi) is 3.77. The summed E-state index contributed by atoms with van der Waals surface area (Å²) in [6, 6.07) is 0. The van der Waals surface area contributed by atoms with Gasteiger partial charge in [-0.2, -0.15) is 0 Å². The maximum atomic E-state index is 12.9. The first-order chi connectivity index (χ1) is 11.8. The van der Waals surface area contributed by atoms with E-state index >= 15 is 0 Å². The predicted octanol–water partition coefficient (Wildman–Crippen LogP) is 3.50. The lowest BCUT2D eigenvalue weighted by atomic mass is 9.48. The fraction of sp³-hybridized carbons (Fsp3) is 0.714. The number of Topliss-reactive ketones (excluding diaryl/α,β-unsaturated/α-hetero) is 1. The molecular formula is C21H28O4. The molecule has 0 saturated heterocycles. The topological polar surface area (TPSA) is 74.6 Å². The molecule has 0 spiro atoms. The van der Waals surface area contributed by atoms with E-state index in [4.69, 9.17) is 5.11 Å². The molecule has 0 aromatic heterocycles. The van der Waals surface area contributed by atoms with E-state index < -0.39 is 11.4 Å². The number of hydrogen-bond donors (Lipinski definition) is 2. The van der Waals surface area contributed by atoms with Crippen LogP contribution in [0.5, 0.6) is 0 Å². The van der Waals surface area contributed by atoms with Gasteiger partial charge in [0.25, 0.3) is 0 Å². The lowest BCUT2D eigenvalue weighted by Gasteiger charge is -2.56. The van der Waals surface area contributed by atoms with E-state index in [2.05, 4.69) is 19.9 Å². The number of rotatable bonds is 1. The van der Waals surface area contributed by atoms with Gasteiger partial charge in [-0.25, -0.2) is 4.79 Å². The van der Waals surface area contributed by atoms with Gasteiger partial charge in [0.05, 0.1) is 6.10 Å². The van der Waals surface area contributed by atoms with Crippen molar-refractivity contribution in [2.75, 3.05) is 0 Å². The molecule has 4 nitrogen and oxygen atoms in total. The summed E-state index contributed by atoms with van der Waals surface area (Å²) in [6.45, 7) is 4.42. The van der Waals surface area contributed by atoms with Crippen LogP contribution in [0.3, 0.4) is 0 Å². The maximum absolute atomic E-state index is 12.9. The Morgan fingerprint density at radius 1 is 1.16 bits per heavy atom. The van der Waals surface area contributed by atoms with Crippen molar-refractivity contribution in [2.45, 2.75) is 64.9 Å². The van der Waals surface area contributed by atoms with E-state index in [1.54, 1.807) is 0 Å². The van der Waals surface area contributed by atoms with E-state index in [-0.39, 0.29) is 23.2 Å². The second-order valence-corrected chi connectivity index (χ2v) is 9.15. The number of hydrogen-bond acceptors (Lipinski definition) is 3. The van der Waals surface area contributed by atoms with Crippen molar-refractivity contribution in [3.05, 3.63) is 23.3 Å². The molecule has 4 heteroatoms. The second-order valence-electron chi connectivity index (χ2n) is 9.15. The highest BCUT2D eigenvalue weighted by atomic mass is 16.4. The minimum Gasteiger partial charge on any atom is -0.478 e. The third kappa shape index (κ3) is 2.37. The van der Waals surface area contributed by atoms with Crippen molar-refractivity contribution < 1.29 is 19.8 Å². The van der Waals surface area contributed by atoms with Crippen molar-refractivity contribution in [2.24, 2.45) is 28.6 Å². The fourth-order valence-corrected chi connectivity index (χ4v) is 6.59.